The summed E-state index contributed by atoms with van der Waals surface area (Å²) in [5.41, 5.74) is 2.65. The summed E-state index contributed by atoms with van der Waals surface area (Å²) in [6.07, 6.45) is 5.52. The first-order valence-electron chi connectivity index (χ1n) is 8.74. The standard InChI is InChI=1S/C19H25N3O/c1-20-13-16(17-4-2-3-5-18(17)20)14-21-9-8-19(23)22(11-10-21)12-15-6-7-15/h2-5,13,15H,6-12,14H2,1H3. The van der Waals surface area contributed by atoms with Gasteiger partial charge < -0.3 is 9.47 Å². The fraction of sp³-hybridized carbons (Fsp3) is 0.526. The molecular formula is C19H25N3O. The van der Waals surface area contributed by atoms with Crippen LogP contribution in [-0.2, 0) is 18.4 Å². The molecule has 0 N–H and O–H groups in total. The van der Waals surface area contributed by atoms with Gasteiger partial charge >= 0.3 is 0 Å². The molecule has 1 saturated carbocycles. The first kappa shape index (κ1) is 14.8. The first-order valence-corrected chi connectivity index (χ1v) is 8.74. The number of aromatic nitrogens is 1. The van der Waals surface area contributed by atoms with Crippen molar-refractivity contribution in [3.63, 3.8) is 0 Å². The van der Waals surface area contributed by atoms with Crippen LogP contribution in [0.15, 0.2) is 30.5 Å². The van der Waals surface area contributed by atoms with Gasteiger partial charge in [0.1, 0.15) is 0 Å². The number of carbonyl (C=O) groups is 1. The molecule has 122 valence electrons. The van der Waals surface area contributed by atoms with E-state index in [0.717, 1.165) is 38.6 Å². The van der Waals surface area contributed by atoms with Gasteiger partial charge in [-0.2, -0.15) is 0 Å². The highest BCUT2D eigenvalue weighted by Gasteiger charge is 2.28. The molecule has 1 aromatic carbocycles. The van der Waals surface area contributed by atoms with Crippen molar-refractivity contribution in [2.45, 2.75) is 25.8 Å². The maximum Gasteiger partial charge on any atom is 0.223 e. The van der Waals surface area contributed by atoms with Crippen LogP contribution in [0.1, 0.15) is 24.8 Å². The molecule has 1 amide bonds. The van der Waals surface area contributed by atoms with Crippen LogP contribution in [0.4, 0.5) is 0 Å². The number of carbonyl (C=O) groups excluding carboxylic acids is 1. The molecule has 0 atom stereocenters. The van der Waals surface area contributed by atoms with Gasteiger partial charge in [0.25, 0.3) is 0 Å². The van der Waals surface area contributed by atoms with Crippen molar-refractivity contribution < 1.29 is 4.79 Å². The third-order valence-electron chi connectivity index (χ3n) is 5.23. The van der Waals surface area contributed by atoms with Crippen molar-refractivity contribution in [2.24, 2.45) is 13.0 Å². The molecule has 2 heterocycles. The highest BCUT2D eigenvalue weighted by atomic mass is 16.2. The third kappa shape index (κ3) is 3.13. The molecule has 0 bridgehead atoms. The van der Waals surface area contributed by atoms with Crippen LogP contribution in [0, 0.1) is 5.92 Å². The molecule has 1 aromatic heterocycles. The molecular weight excluding hydrogens is 286 g/mol. The Labute approximate surface area is 137 Å². The van der Waals surface area contributed by atoms with E-state index in [1.54, 1.807) is 0 Å². The van der Waals surface area contributed by atoms with E-state index in [0.29, 0.717) is 12.3 Å². The second-order valence-electron chi connectivity index (χ2n) is 7.09. The zero-order valence-corrected chi connectivity index (χ0v) is 13.9. The number of hydrogen-bond donors (Lipinski definition) is 0. The molecule has 2 aliphatic rings. The zero-order chi connectivity index (χ0) is 15.8. The van der Waals surface area contributed by atoms with Gasteiger partial charge in [0, 0.05) is 63.3 Å². The van der Waals surface area contributed by atoms with E-state index in [9.17, 15) is 4.79 Å². The van der Waals surface area contributed by atoms with Gasteiger partial charge in [-0.15, -0.1) is 0 Å². The van der Waals surface area contributed by atoms with Crippen molar-refractivity contribution in [1.82, 2.24) is 14.4 Å². The quantitative estimate of drug-likeness (QED) is 0.868. The predicted molar refractivity (Wildman–Crippen MR) is 92.1 cm³/mol. The van der Waals surface area contributed by atoms with Crippen LogP contribution in [-0.4, -0.2) is 46.5 Å². The van der Waals surface area contributed by atoms with E-state index in [-0.39, 0.29) is 0 Å². The van der Waals surface area contributed by atoms with E-state index in [2.05, 4.69) is 51.9 Å². The normalized spacial score (nSPS) is 20.2. The molecule has 2 aromatic rings. The molecule has 2 fully saturated rings. The second kappa shape index (κ2) is 6.00. The number of nitrogens with zero attached hydrogens (tertiary/aromatic N) is 3. The maximum atomic E-state index is 12.3. The average molecular weight is 311 g/mol. The van der Waals surface area contributed by atoms with Crippen LogP contribution in [0.2, 0.25) is 0 Å². The number of fused-ring (bicyclic) bond motifs is 1. The average Bonchev–Trinajstić information content (AvgIpc) is 3.34. The summed E-state index contributed by atoms with van der Waals surface area (Å²) in [7, 11) is 2.11. The Morgan fingerprint density at radius 3 is 2.78 bits per heavy atom. The van der Waals surface area contributed by atoms with Crippen LogP contribution < -0.4 is 0 Å². The number of para-hydroxylation sites is 1. The Hall–Kier alpha value is -1.81. The van der Waals surface area contributed by atoms with E-state index in [1.165, 1.54) is 29.3 Å². The minimum atomic E-state index is 0.345. The summed E-state index contributed by atoms with van der Waals surface area (Å²) in [5.74, 6) is 1.13. The highest BCUT2D eigenvalue weighted by Crippen LogP contribution is 2.30. The molecule has 23 heavy (non-hydrogen) atoms. The van der Waals surface area contributed by atoms with Crippen molar-refractivity contribution in [3.05, 3.63) is 36.0 Å². The van der Waals surface area contributed by atoms with Crippen LogP contribution >= 0.6 is 0 Å². The Bertz CT molecular complexity index is 716. The second-order valence-corrected chi connectivity index (χ2v) is 7.09. The highest BCUT2D eigenvalue weighted by molar-refractivity contribution is 5.83. The van der Waals surface area contributed by atoms with E-state index < -0.39 is 0 Å². The summed E-state index contributed by atoms with van der Waals surface area (Å²) in [5, 5.41) is 1.33. The van der Waals surface area contributed by atoms with E-state index >= 15 is 0 Å². The van der Waals surface area contributed by atoms with Crippen LogP contribution in [0.25, 0.3) is 10.9 Å². The molecule has 4 heteroatoms. The molecule has 4 nitrogen and oxygen atoms in total. The first-order chi connectivity index (χ1) is 11.2. The van der Waals surface area contributed by atoms with Crippen molar-refractivity contribution >= 4 is 16.8 Å². The summed E-state index contributed by atoms with van der Waals surface area (Å²) in [6.45, 7) is 4.68. The largest absolute Gasteiger partial charge is 0.350 e. The molecule has 1 aliphatic carbocycles. The van der Waals surface area contributed by atoms with Crippen LogP contribution in [0.3, 0.4) is 0 Å². The fourth-order valence-electron chi connectivity index (χ4n) is 3.67. The van der Waals surface area contributed by atoms with Gasteiger partial charge in [-0.05, 0) is 30.4 Å². The third-order valence-corrected chi connectivity index (χ3v) is 5.23. The number of rotatable bonds is 4. The minimum absolute atomic E-state index is 0.345. The van der Waals surface area contributed by atoms with E-state index in [1.807, 2.05) is 0 Å². The molecule has 4 rings (SSSR count). The molecule has 1 saturated heterocycles. The summed E-state index contributed by atoms with van der Waals surface area (Å²) < 4.78 is 2.20. The smallest absolute Gasteiger partial charge is 0.223 e. The van der Waals surface area contributed by atoms with Gasteiger partial charge in [-0.1, -0.05) is 18.2 Å². The lowest BCUT2D eigenvalue weighted by atomic mass is 10.1. The van der Waals surface area contributed by atoms with Gasteiger partial charge in [0.15, 0.2) is 0 Å². The molecule has 0 unspecified atom stereocenters. The fourth-order valence-corrected chi connectivity index (χ4v) is 3.67. The summed E-state index contributed by atoms with van der Waals surface area (Å²) in [4.78, 5) is 16.8. The van der Waals surface area contributed by atoms with Gasteiger partial charge in [0.05, 0.1) is 0 Å². The lowest BCUT2D eigenvalue weighted by Gasteiger charge is -2.21. The topological polar surface area (TPSA) is 28.5 Å². The Balaban J connectivity index is 1.46. The van der Waals surface area contributed by atoms with Crippen molar-refractivity contribution in [1.29, 1.82) is 0 Å². The maximum absolute atomic E-state index is 12.3. The molecule has 1 aliphatic heterocycles. The van der Waals surface area contributed by atoms with Gasteiger partial charge in [0.2, 0.25) is 5.91 Å². The van der Waals surface area contributed by atoms with Gasteiger partial charge in [-0.3, -0.25) is 9.69 Å². The number of aryl methyl sites for hydroxylation is 1. The number of hydrogen-bond acceptors (Lipinski definition) is 2. The molecule has 0 spiro atoms. The Kier molecular flexibility index (Phi) is 3.85. The Morgan fingerprint density at radius 2 is 1.96 bits per heavy atom. The summed E-state index contributed by atoms with van der Waals surface area (Å²) in [6, 6.07) is 8.57. The van der Waals surface area contributed by atoms with Crippen LogP contribution in [0.5, 0.6) is 0 Å². The lowest BCUT2D eigenvalue weighted by Crippen LogP contribution is -2.34. The Morgan fingerprint density at radius 1 is 1.13 bits per heavy atom. The predicted octanol–water partition coefficient (Wildman–Crippen LogP) is 2.62. The lowest BCUT2D eigenvalue weighted by molar-refractivity contribution is -0.130. The van der Waals surface area contributed by atoms with Crippen molar-refractivity contribution in [3.8, 4) is 0 Å². The molecule has 0 radical (unpaired) electrons. The summed E-state index contributed by atoms with van der Waals surface area (Å²) >= 11 is 0. The minimum Gasteiger partial charge on any atom is -0.350 e. The van der Waals surface area contributed by atoms with Gasteiger partial charge in [-0.25, -0.2) is 0 Å². The SMILES string of the molecule is Cn1cc(CN2CCC(=O)N(CC3CC3)CC2)c2ccccc21. The number of benzene rings is 1. The van der Waals surface area contributed by atoms with Crippen molar-refractivity contribution in [2.75, 3.05) is 26.2 Å². The zero-order valence-electron chi connectivity index (χ0n) is 13.9. The number of amides is 1. The monoisotopic (exact) mass is 311 g/mol. The van der Waals surface area contributed by atoms with E-state index in [4.69, 9.17) is 0 Å².